The minimum Gasteiger partial charge on any atom is -0.496 e. The maximum absolute atomic E-state index is 11.1. The molecule has 0 saturated carbocycles. The van der Waals surface area contributed by atoms with Gasteiger partial charge in [-0.2, -0.15) is 0 Å². The van der Waals surface area contributed by atoms with Crippen LogP contribution in [-0.2, 0) is 11.2 Å². The third-order valence-electron chi connectivity index (χ3n) is 1.99. The largest absolute Gasteiger partial charge is 0.496 e. The van der Waals surface area contributed by atoms with Crippen LogP contribution in [0.2, 0.25) is 0 Å². The van der Waals surface area contributed by atoms with E-state index in [1.807, 2.05) is 6.07 Å². The number of methoxy groups -OCH3 is 2. The van der Waals surface area contributed by atoms with E-state index in [9.17, 15) is 4.79 Å². The third-order valence-corrected chi connectivity index (χ3v) is 2.61. The van der Waals surface area contributed by atoms with Crippen LogP contribution in [0.3, 0.4) is 0 Å². The summed E-state index contributed by atoms with van der Waals surface area (Å²) in [6, 6.07) is 3.61. The minimum absolute atomic E-state index is 0.0951. The molecule has 0 spiro atoms. The molecule has 0 heterocycles. The second kappa shape index (κ2) is 5.16. The summed E-state index contributed by atoms with van der Waals surface area (Å²) in [5, 5.41) is 0. The molecule has 0 fully saturated rings. The Hall–Kier alpha value is -1.03. The highest BCUT2D eigenvalue weighted by atomic mass is 79.9. The number of rotatable bonds is 4. The summed E-state index contributed by atoms with van der Waals surface area (Å²) in [5.74, 6) is 1.49. The van der Waals surface area contributed by atoms with Gasteiger partial charge in [0.15, 0.2) is 0 Å². The van der Waals surface area contributed by atoms with Crippen LogP contribution in [0, 0.1) is 0 Å². The molecule has 1 aromatic rings. The van der Waals surface area contributed by atoms with Gasteiger partial charge in [-0.05, 0) is 35.0 Å². The van der Waals surface area contributed by atoms with Gasteiger partial charge < -0.3 is 9.47 Å². The molecular weight excluding hydrogens is 260 g/mol. The Morgan fingerprint density at radius 2 is 1.87 bits per heavy atom. The molecular formula is C11H13BrO3. The molecule has 0 aliphatic carbocycles. The van der Waals surface area contributed by atoms with Crippen LogP contribution in [0.25, 0.3) is 0 Å². The predicted octanol–water partition coefficient (Wildman–Crippen LogP) is 2.60. The summed E-state index contributed by atoms with van der Waals surface area (Å²) in [7, 11) is 3.17. The van der Waals surface area contributed by atoms with Gasteiger partial charge in [-0.25, -0.2) is 0 Å². The monoisotopic (exact) mass is 272 g/mol. The average Bonchev–Trinajstić information content (AvgIpc) is 2.19. The quantitative estimate of drug-likeness (QED) is 0.845. The molecule has 0 saturated heterocycles. The van der Waals surface area contributed by atoms with Crippen molar-refractivity contribution in [3.63, 3.8) is 0 Å². The standard InChI is InChI=1S/C11H13BrO3/c1-7(13)4-8-5-11(15-3)9(12)6-10(8)14-2/h5-6H,4H2,1-3H3. The van der Waals surface area contributed by atoms with Gasteiger partial charge in [-0.1, -0.05) is 0 Å². The Morgan fingerprint density at radius 3 is 2.33 bits per heavy atom. The minimum atomic E-state index is 0.0951. The molecule has 0 aliphatic rings. The van der Waals surface area contributed by atoms with Crippen LogP contribution in [0.5, 0.6) is 11.5 Å². The molecule has 0 bridgehead atoms. The Kier molecular flexibility index (Phi) is 4.15. The second-order valence-corrected chi connectivity index (χ2v) is 4.03. The van der Waals surface area contributed by atoms with Gasteiger partial charge in [0.25, 0.3) is 0 Å². The number of ether oxygens (including phenoxy) is 2. The van der Waals surface area contributed by atoms with Gasteiger partial charge >= 0.3 is 0 Å². The Morgan fingerprint density at radius 1 is 1.27 bits per heavy atom. The average molecular weight is 273 g/mol. The highest BCUT2D eigenvalue weighted by Gasteiger charge is 2.10. The van der Waals surface area contributed by atoms with Crippen LogP contribution >= 0.6 is 15.9 Å². The van der Waals surface area contributed by atoms with E-state index in [-0.39, 0.29) is 5.78 Å². The van der Waals surface area contributed by atoms with Gasteiger partial charge in [-0.15, -0.1) is 0 Å². The molecule has 3 nitrogen and oxygen atoms in total. The van der Waals surface area contributed by atoms with E-state index in [0.29, 0.717) is 17.9 Å². The summed E-state index contributed by atoms with van der Waals surface area (Å²) >= 11 is 3.36. The Balaban J connectivity index is 3.16. The zero-order valence-corrected chi connectivity index (χ0v) is 10.6. The highest BCUT2D eigenvalue weighted by molar-refractivity contribution is 9.10. The SMILES string of the molecule is COc1cc(CC(C)=O)c(OC)cc1Br. The predicted molar refractivity (Wildman–Crippen MR) is 61.6 cm³/mol. The Bertz CT molecular complexity index is 374. The summed E-state index contributed by atoms with van der Waals surface area (Å²) in [5.41, 5.74) is 0.838. The van der Waals surface area contributed by atoms with Gasteiger partial charge in [0.1, 0.15) is 17.3 Å². The molecule has 0 aliphatic heterocycles. The first kappa shape index (κ1) is 12.0. The number of carbonyl (C=O) groups excluding carboxylic acids is 1. The number of hydrogen-bond donors (Lipinski definition) is 0. The van der Waals surface area contributed by atoms with Crippen LogP contribution in [-0.4, -0.2) is 20.0 Å². The first-order valence-electron chi connectivity index (χ1n) is 4.48. The van der Waals surface area contributed by atoms with Crippen LogP contribution < -0.4 is 9.47 Å². The number of carbonyl (C=O) groups is 1. The van der Waals surface area contributed by atoms with Crippen molar-refractivity contribution in [2.75, 3.05) is 14.2 Å². The summed E-state index contributed by atoms with van der Waals surface area (Å²) < 4.78 is 11.2. The topological polar surface area (TPSA) is 35.5 Å². The van der Waals surface area contributed by atoms with Crippen LogP contribution in [0.15, 0.2) is 16.6 Å². The van der Waals surface area contributed by atoms with E-state index in [1.165, 1.54) is 0 Å². The second-order valence-electron chi connectivity index (χ2n) is 3.18. The third kappa shape index (κ3) is 2.96. The van der Waals surface area contributed by atoms with E-state index < -0.39 is 0 Å². The fourth-order valence-corrected chi connectivity index (χ4v) is 1.81. The van der Waals surface area contributed by atoms with Crippen molar-refractivity contribution in [3.8, 4) is 11.5 Å². The lowest BCUT2D eigenvalue weighted by molar-refractivity contribution is -0.116. The Labute approximate surface area is 97.5 Å². The van der Waals surface area contributed by atoms with Crippen molar-refractivity contribution in [3.05, 3.63) is 22.2 Å². The fourth-order valence-electron chi connectivity index (χ4n) is 1.33. The van der Waals surface area contributed by atoms with E-state index in [2.05, 4.69) is 15.9 Å². The zero-order chi connectivity index (χ0) is 11.4. The molecule has 15 heavy (non-hydrogen) atoms. The number of ketones is 1. The molecule has 1 rings (SSSR count). The molecule has 0 unspecified atom stereocenters. The normalized spacial score (nSPS) is 9.87. The van der Waals surface area contributed by atoms with Gasteiger partial charge in [-0.3, -0.25) is 4.79 Å². The summed E-state index contributed by atoms with van der Waals surface area (Å²) in [6.07, 6.45) is 0.354. The molecule has 0 radical (unpaired) electrons. The lowest BCUT2D eigenvalue weighted by Crippen LogP contribution is -2.00. The van der Waals surface area contributed by atoms with Crippen molar-refractivity contribution in [2.45, 2.75) is 13.3 Å². The maximum Gasteiger partial charge on any atom is 0.134 e. The van der Waals surface area contributed by atoms with Gasteiger partial charge in [0.05, 0.1) is 18.7 Å². The molecule has 4 heteroatoms. The van der Waals surface area contributed by atoms with E-state index in [1.54, 1.807) is 27.2 Å². The van der Waals surface area contributed by atoms with Crippen molar-refractivity contribution >= 4 is 21.7 Å². The van der Waals surface area contributed by atoms with E-state index in [0.717, 1.165) is 10.0 Å². The number of benzene rings is 1. The van der Waals surface area contributed by atoms with Crippen LogP contribution in [0.1, 0.15) is 12.5 Å². The molecule has 1 aromatic carbocycles. The first-order chi connectivity index (χ1) is 7.08. The molecule has 0 amide bonds. The fraction of sp³-hybridized carbons (Fsp3) is 0.364. The lowest BCUT2D eigenvalue weighted by atomic mass is 10.1. The highest BCUT2D eigenvalue weighted by Crippen LogP contribution is 2.32. The number of Topliss-reactive ketones (excluding diaryl/α,β-unsaturated/α-hetero) is 1. The number of hydrogen-bond acceptors (Lipinski definition) is 3. The summed E-state index contributed by atoms with van der Waals surface area (Å²) in [4.78, 5) is 11.1. The molecule has 0 N–H and O–H groups in total. The smallest absolute Gasteiger partial charge is 0.134 e. The van der Waals surface area contributed by atoms with E-state index in [4.69, 9.17) is 9.47 Å². The van der Waals surface area contributed by atoms with Crippen molar-refractivity contribution < 1.29 is 14.3 Å². The molecule has 0 atom stereocenters. The molecule has 0 aromatic heterocycles. The lowest BCUT2D eigenvalue weighted by Gasteiger charge is -2.11. The van der Waals surface area contributed by atoms with Crippen molar-refractivity contribution in [1.82, 2.24) is 0 Å². The molecule has 82 valence electrons. The summed E-state index contributed by atoms with van der Waals surface area (Å²) in [6.45, 7) is 1.55. The van der Waals surface area contributed by atoms with Crippen LogP contribution in [0.4, 0.5) is 0 Å². The van der Waals surface area contributed by atoms with Crippen molar-refractivity contribution in [1.29, 1.82) is 0 Å². The van der Waals surface area contributed by atoms with Gasteiger partial charge in [0.2, 0.25) is 0 Å². The van der Waals surface area contributed by atoms with Crippen molar-refractivity contribution in [2.24, 2.45) is 0 Å². The van der Waals surface area contributed by atoms with Gasteiger partial charge in [0, 0.05) is 12.0 Å². The first-order valence-corrected chi connectivity index (χ1v) is 5.27. The maximum atomic E-state index is 11.1. The number of halogens is 1. The zero-order valence-electron chi connectivity index (χ0n) is 8.96. The van der Waals surface area contributed by atoms with E-state index >= 15 is 0 Å².